The van der Waals surface area contributed by atoms with Crippen LogP contribution in [0.5, 0.6) is 5.75 Å². The van der Waals surface area contributed by atoms with Crippen LogP contribution in [0.2, 0.25) is 0 Å². The van der Waals surface area contributed by atoms with Crippen LogP contribution in [-0.2, 0) is 4.74 Å². The standard InChI is InChI=1S/C27H21NO4/c1-3-32-27(30)26-23-10-6-7-17-28(23)24(18-29)25(26)22-9-5-4-8-20(22)14-11-19-12-15-21(31-2)16-13-19/h4-10,12-13,15-18H,3H2,1-2H3. The van der Waals surface area contributed by atoms with Gasteiger partial charge in [0.15, 0.2) is 6.29 Å². The molecule has 5 heteroatoms. The molecule has 2 heterocycles. The van der Waals surface area contributed by atoms with E-state index in [1.54, 1.807) is 30.7 Å². The Balaban J connectivity index is 1.92. The first-order chi connectivity index (χ1) is 15.7. The van der Waals surface area contributed by atoms with E-state index in [9.17, 15) is 9.59 Å². The molecule has 0 spiro atoms. The van der Waals surface area contributed by atoms with E-state index in [1.165, 1.54) is 0 Å². The Bertz CT molecular complexity index is 1350. The second kappa shape index (κ2) is 9.23. The van der Waals surface area contributed by atoms with E-state index in [2.05, 4.69) is 11.8 Å². The van der Waals surface area contributed by atoms with Gasteiger partial charge >= 0.3 is 5.97 Å². The van der Waals surface area contributed by atoms with Crippen molar-refractivity contribution in [3.8, 4) is 28.7 Å². The van der Waals surface area contributed by atoms with Crippen LogP contribution in [-0.4, -0.2) is 30.4 Å². The van der Waals surface area contributed by atoms with Gasteiger partial charge in [-0.05, 0) is 49.4 Å². The number of hydrogen-bond donors (Lipinski definition) is 0. The normalized spacial score (nSPS) is 10.3. The van der Waals surface area contributed by atoms with Crippen LogP contribution >= 0.6 is 0 Å². The van der Waals surface area contributed by atoms with E-state index in [0.717, 1.165) is 17.6 Å². The number of fused-ring (bicyclic) bond motifs is 1. The maximum atomic E-state index is 12.9. The summed E-state index contributed by atoms with van der Waals surface area (Å²) in [5.74, 6) is 6.62. The van der Waals surface area contributed by atoms with Crippen molar-refractivity contribution in [1.82, 2.24) is 4.40 Å². The molecule has 0 saturated carbocycles. The molecular formula is C27H21NO4. The summed E-state index contributed by atoms with van der Waals surface area (Å²) in [5, 5.41) is 0. The van der Waals surface area contributed by atoms with Gasteiger partial charge in [0.25, 0.3) is 0 Å². The maximum Gasteiger partial charge on any atom is 0.340 e. The molecule has 0 saturated heterocycles. The molecule has 0 atom stereocenters. The molecule has 158 valence electrons. The van der Waals surface area contributed by atoms with Crippen LogP contribution in [0.3, 0.4) is 0 Å². The van der Waals surface area contributed by atoms with E-state index in [1.807, 2.05) is 60.7 Å². The average Bonchev–Trinajstić information content (AvgIpc) is 3.17. The minimum absolute atomic E-state index is 0.234. The number of aldehydes is 1. The van der Waals surface area contributed by atoms with E-state index < -0.39 is 5.97 Å². The Labute approximate surface area is 186 Å². The zero-order chi connectivity index (χ0) is 22.5. The second-order valence-electron chi connectivity index (χ2n) is 6.95. The third kappa shape index (κ3) is 3.86. The highest BCUT2D eigenvalue weighted by molar-refractivity contribution is 6.09. The summed E-state index contributed by atoms with van der Waals surface area (Å²) >= 11 is 0. The summed E-state index contributed by atoms with van der Waals surface area (Å²) < 4.78 is 12.2. The topological polar surface area (TPSA) is 57.0 Å². The fourth-order valence-corrected chi connectivity index (χ4v) is 3.66. The highest BCUT2D eigenvalue weighted by Crippen LogP contribution is 2.35. The molecule has 0 fully saturated rings. The zero-order valence-corrected chi connectivity index (χ0v) is 17.8. The SMILES string of the molecule is CCOC(=O)c1c(-c2ccccc2C#Cc2ccc(OC)cc2)c(C=O)n2ccccc12. The molecule has 0 aliphatic rings. The number of rotatable bonds is 5. The number of carbonyl (C=O) groups excluding carboxylic acids is 2. The van der Waals surface area contributed by atoms with Gasteiger partial charge in [0, 0.05) is 28.5 Å². The van der Waals surface area contributed by atoms with Crippen LogP contribution < -0.4 is 4.74 Å². The number of hydrogen-bond acceptors (Lipinski definition) is 4. The first kappa shape index (κ1) is 21.0. The molecule has 4 rings (SSSR count). The van der Waals surface area contributed by atoms with Gasteiger partial charge in [0.05, 0.1) is 30.5 Å². The van der Waals surface area contributed by atoms with Gasteiger partial charge in [-0.15, -0.1) is 0 Å². The predicted octanol–water partition coefficient (Wildman–Crippen LogP) is 5.00. The number of ether oxygens (including phenoxy) is 2. The molecular weight excluding hydrogens is 402 g/mol. The molecule has 0 unspecified atom stereocenters. The van der Waals surface area contributed by atoms with Crippen LogP contribution in [0.4, 0.5) is 0 Å². The van der Waals surface area contributed by atoms with E-state index in [-0.39, 0.29) is 6.61 Å². The number of methoxy groups -OCH3 is 1. The maximum absolute atomic E-state index is 12.9. The summed E-state index contributed by atoms with van der Waals surface area (Å²) in [5.41, 5.74) is 4.08. The summed E-state index contributed by atoms with van der Waals surface area (Å²) in [6.07, 6.45) is 2.52. The Hall–Kier alpha value is -4.30. The molecule has 0 amide bonds. The number of nitrogens with zero attached hydrogens (tertiary/aromatic N) is 1. The van der Waals surface area contributed by atoms with Crippen molar-refractivity contribution in [2.75, 3.05) is 13.7 Å². The fourth-order valence-electron chi connectivity index (χ4n) is 3.66. The molecule has 2 aromatic carbocycles. The van der Waals surface area contributed by atoms with Gasteiger partial charge in [0.2, 0.25) is 0 Å². The summed E-state index contributed by atoms with van der Waals surface area (Å²) in [4.78, 5) is 25.1. The number of aromatic nitrogens is 1. The van der Waals surface area contributed by atoms with Gasteiger partial charge in [-0.3, -0.25) is 4.79 Å². The highest BCUT2D eigenvalue weighted by Gasteiger charge is 2.26. The average molecular weight is 423 g/mol. The Morgan fingerprint density at radius 2 is 1.75 bits per heavy atom. The lowest BCUT2D eigenvalue weighted by Crippen LogP contribution is -2.06. The summed E-state index contributed by atoms with van der Waals surface area (Å²) in [7, 11) is 1.62. The first-order valence-corrected chi connectivity index (χ1v) is 10.2. The van der Waals surface area contributed by atoms with Crippen molar-refractivity contribution < 1.29 is 19.1 Å². The number of benzene rings is 2. The minimum Gasteiger partial charge on any atom is -0.497 e. The van der Waals surface area contributed by atoms with Crippen molar-refractivity contribution in [3.63, 3.8) is 0 Å². The van der Waals surface area contributed by atoms with E-state index in [4.69, 9.17) is 9.47 Å². The number of esters is 1. The number of pyridine rings is 1. The number of carbonyl (C=O) groups is 2. The third-order valence-electron chi connectivity index (χ3n) is 5.10. The molecule has 0 N–H and O–H groups in total. The zero-order valence-electron chi connectivity index (χ0n) is 17.8. The molecule has 0 bridgehead atoms. The van der Waals surface area contributed by atoms with Crippen molar-refractivity contribution >= 4 is 17.8 Å². The van der Waals surface area contributed by atoms with Crippen molar-refractivity contribution in [3.05, 3.63) is 95.3 Å². The summed E-state index contributed by atoms with van der Waals surface area (Å²) in [6, 6.07) is 20.4. The third-order valence-corrected chi connectivity index (χ3v) is 5.10. The molecule has 5 nitrogen and oxygen atoms in total. The largest absolute Gasteiger partial charge is 0.497 e. The van der Waals surface area contributed by atoms with Crippen LogP contribution in [0.1, 0.15) is 38.9 Å². The highest BCUT2D eigenvalue weighted by atomic mass is 16.5. The molecule has 0 aliphatic carbocycles. The first-order valence-electron chi connectivity index (χ1n) is 10.2. The molecule has 32 heavy (non-hydrogen) atoms. The second-order valence-corrected chi connectivity index (χ2v) is 6.95. The van der Waals surface area contributed by atoms with Crippen molar-refractivity contribution in [2.45, 2.75) is 6.92 Å². The summed E-state index contributed by atoms with van der Waals surface area (Å²) in [6.45, 7) is 1.99. The van der Waals surface area contributed by atoms with Crippen molar-refractivity contribution in [2.24, 2.45) is 0 Å². The lowest BCUT2D eigenvalue weighted by molar-refractivity contribution is 0.0529. The van der Waals surface area contributed by atoms with Gasteiger partial charge in [-0.2, -0.15) is 0 Å². The predicted molar refractivity (Wildman–Crippen MR) is 123 cm³/mol. The quantitative estimate of drug-likeness (QED) is 0.257. The molecule has 2 aromatic heterocycles. The Kier molecular flexibility index (Phi) is 6.05. The van der Waals surface area contributed by atoms with E-state index >= 15 is 0 Å². The fraction of sp³-hybridized carbons (Fsp3) is 0.111. The van der Waals surface area contributed by atoms with Gasteiger partial charge < -0.3 is 13.9 Å². The lowest BCUT2D eigenvalue weighted by Gasteiger charge is -2.08. The van der Waals surface area contributed by atoms with Crippen LogP contribution in [0.15, 0.2) is 72.9 Å². The molecule has 0 aliphatic heterocycles. The molecule has 0 radical (unpaired) electrons. The monoisotopic (exact) mass is 423 g/mol. The molecule has 4 aromatic rings. The lowest BCUT2D eigenvalue weighted by atomic mass is 9.96. The Morgan fingerprint density at radius 3 is 2.47 bits per heavy atom. The van der Waals surface area contributed by atoms with Crippen molar-refractivity contribution in [1.29, 1.82) is 0 Å². The van der Waals surface area contributed by atoms with E-state index in [0.29, 0.717) is 33.5 Å². The van der Waals surface area contributed by atoms with Gasteiger partial charge in [0.1, 0.15) is 5.75 Å². The van der Waals surface area contributed by atoms with Gasteiger partial charge in [-0.25, -0.2) is 4.79 Å². The van der Waals surface area contributed by atoms with Gasteiger partial charge in [-0.1, -0.05) is 36.1 Å². The Morgan fingerprint density at radius 1 is 1.00 bits per heavy atom. The minimum atomic E-state index is -0.475. The smallest absolute Gasteiger partial charge is 0.340 e. The van der Waals surface area contributed by atoms with Crippen LogP contribution in [0.25, 0.3) is 16.6 Å². The van der Waals surface area contributed by atoms with Crippen LogP contribution in [0, 0.1) is 11.8 Å².